The summed E-state index contributed by atoms with van der Waals surface area (Å²) in [7, 11) is 2.14. The van der Waals surface area contributed by atoms with Crippen LogP contribution in [0.3, 0.4) is 0 Å². The Morgan fingerprint density at radius 1 is 1.44 bits per heavy atom. The number of benzene rings is 1. The van der Waals surface area contributed by atoms with Crippen LogP contribution >= 0.6 is 11.8 Å². The van der Waals surface area contributed by atoms with Crippen molar-refractivity contribution in [3.05, 3.63) is 29.8 Å². The fourth-order valence-corrected chi connectivity index (χ4v) is 3.45. The maximum Gasteiger partial charge on any atom is 0.0781 e. The summed E-state index contributed by atoms with van der Waals surface area (Å²) < 4.78 is 0. The third-order valence-electron chi connectivity index (χ3n) is 3.22. The molecular formula is C13H19NOS. The molecule has 0 bridgehead atoms. The number of hydrogen-bond acceptors (Lipinski definition) is 3. The van der Waals surface area contributed by atoms with Crippen molar-refractivity contribution in [3.8, 4) is 0 Å². The number of nitrogens with zero attached hydrogens (tertiary/aromatic N) is 1. The number of rotatable bonds is 3. The lowest BCUT2D eigenvalue weighted by Gasteiger charge is -2.29. The van der Waals surface area contributed by atoms with Crippen molar-refractivity contribution in [1.29, 1.82) is 0 Å². The van der Waals surface area contributed by atoms with Crippen LogP contribution in [0.5, 0.6) is 0 Å². The van der Waals surface area contributed by atoms with Gasteiger partial charge in [-0.3, -0.25) is 0 Å². The molecule has 0 radical (unpaired) electrons. The zero-order chi connectivity index (χ0) is 11.5. The molecule has 0 amide bonds. The second-order valence-electron chi connectivity index (χ2n) is 4.36. The normalized spacial score (nSPS) is 22.1. The molecule has 2 nitrogen and oxygen atoms in total. The average molecular weight is 237 g/mol. The van der Waals surface area contributed by atoms with Crippen molar-refractivity contribution in [2.45, 2.75) is 25.5 Å². The van der Waals surface area contributed by atoms with E-state index in [4.69, 9.17) is 0 Å². The Balaban J connectivity index is 2.24. The predicted molar refractivity (Wildman–Crippen MR) is 71.2 cm³/mol. The van der Waals surface area contributed by atoms with Gasteiger partial charge in [0.05, 0.1) is 6.10 Å². The summed E-state index contributed by atoms with van der Waals surface area (Å²) in [4.78, 5) is 2.32. The monoisotopic (exact) mass is 237 g/mol. The molecule has 2 atom stereocenters. The molecule has 1 aromatic rings. The number of thioether (sulfide) groups is 1. The van der Waals surface area contributed by atoms with Crippen molar-refractivity contribution >= 4 is 17.4 Å². The fraction of sp³-hybridized carbons (Fsp3) is 0.538. The predicted octanol–water partition coefficient (Wildman–Crippen LogP) is 2.68. The van der Waals surface area contributed by atoms with Crippen LogP contribution in [0.2, 0.25) is 0 Å². The van der Waals surface area contributed by atoms with Crippen LogP contribution < -0.4 is 4.90 Å². The van der Waals surface area contributed by atoms with Crippen LogP contribution in [-0.2, 0) is 0 Å². The third-order valence-corrected chi connectivity index (χ3v) is 4.37. The largest absolute Gasteiger partial charge is 0.389 e. The van der Waals surface area contributed by atoms with Crippen molar-refractivity contribution in [3.63, 3.8) is 0 Å². The molecule has 0 spiro atoms. The molecule has 1 aromatic carbocycles. The molecule has 1 unspecified atom stereocenters. The summed E-state index contributed by atoms with van der Waals surface area (Å²) in [6.07, 6.45) is 0.850. The molecule has 1 N–H and O–H groups in total. The Morgan fingerprint density at radius 2 is 2.19 bits per heavy atom. The Kier molecular flexibility index (Phi) is 3.77. The van der Waals surface area contributed by atoms with Gasteiger partial charge in [-0.2, -0.15) is 11.8 Å². The summed E-state index contributed by atoms with van der Waals surface area (Å²) in [5.74, 6) is 2.45. The number of para-hydroxylation sites is 1. The highest BCUT2D eigenvalue weighted by molar-refractivity contribution is 7.99. The number of anilines is 1. The van der Waals surface area contributed by atoms with Gasteiger partial charge in [0, 0.05) is 30.1 Å². The molecule has 3 heteroatoms. The van der Waals surface area contributed by atoms with E-state index in [9.17, 15) is 5.11 Å². The Labute approximate surface area is 102 Å². The van der Waals surface area contributed by atoms with Crippen LogP contribution in [-0.4, -0.2) is 29.7 Å². The maximum atomic E-state index is 9.76. The summed E-state index contributed by atoms with van der Waals surface area (Å²) in [6, 6.07) is 8.76. The molecule has 0 aliphatic carbocycles. The van der Waals surface area contributed by atoms with Gasteiger partial charge >= 0.3 is 0 Å². The highest BCUT2D eigenvalue weighted by Crippen LogP contribution is 2.30. The van der Waals surface area contributed by atoms with Gasteiger partial charge in [-0.1, -0.05) is 18.2 Å². The van der Waals surface area contributed by atoms with Gasteiger partial charge in [0.15, 0.2) is 0 Å². The Bertz CT molecular complexity index is 348. The lowest BCUT2D eigenvalue weighted by Crippen LogP contribution is -2.32. The van der Waals surface area contributed by atoms with Gasteiger partial charge in [0.2, 0.25) is 0 Å². The van der Waals surface area contributed by atoms with E-state index in [1.807, 2.05) is 36.9 Å². The topological polar surface area (TPSA) is 23.5 Å². The van der Waals surface area contributed by atoms with Crippen LogP contribution in [0.4, 0.5) is 5.69 Å². The van der Waals surface area contributed by atoms with E-state index in [1.54, 1.807) is 0 Å². The van der Waals surface area contributed by atoms with E-state index in [0.717, 1.165) is 5.56 Å². The highest BCUT2D eigenvalue weighted by Gasteiger charge is 2.22. The van der Waals surface area contributed by atoms with Crippen molar-refractivity contribution < 1.29 is 5.11 Å². The summed E-state index contributed by atoms with van der Waals surface area (Å²) >= 11 is 2.02. The first kappa shape index (κ1) is 11.8. The van der Waals surface area contributed by atoms with E-state index in [0.29, 0.717) is 6.04 Å². The summed E-state index contributed by atoms with van der Waals surface area (Å²) in [5.41, 5.74) is 2.20. The zero-order valence-corrected chi connectivity index (χ0v) is 10.7. The SMILES string of the molecule is C[C@H](O)c1ccccc1N(C)C1CCSC1. The van der Waals surface area contributed by atoms with Gasteiger partial charge < -0.3 is 10.0 Å². The minimum atomic E-state index is -0.396. The smallest absolute Gasteiger partial charge is 0.0781 e. The number of aliphatic hydroxyl groups excluding tert-OH is 1. The molecule has 1 aliphatic heterocycles. The zero-order valence-electron chi connectivity index (χ0n) is 9.89. The highest BCUT2D eigenvalue weighted by atomic mass is 32.2. The Hall–Kier alpha value is -0.670. The second kappa shape index (κ2) is 5.11. The fourth-order valence-electron chi connectivity index (χ4n) is 2.19. The molecule has 1 heterocycles. The molecular weight excluding hydrogens is 218 g/mol. The van der Waals surface area contributed by atoms with Crippen LogP contribution in [0.1, 0.15) is 25.0 Å². The van der Waals surface area contributed by atoms with Crippen LogP contribution in [0, 0.1) is 0 Å². The van der Waals surface area contributed by atoms with Gasteiger partial charge in [-0.05, 0) is 25.2 Å². The van der Waals surface area contributed by atoms with Crippen LogP contribution in [0.25, 0.3) is 0 Å². The molecule has 1 fully saturated rings. The van der Waals surface area contributed by atoms with E-state index < -0.39 is 6.10 Å². The van der Waals surface area contributed by atoms with Crippen molar-refractivity contribution in [2.75, 3.05) is 23.5 Å². The molecule has 0 saturated carbocycles. The van der Waals surface area contributed by atoms with Gasteiger partial charge in [-0.15, -0.1) is 0 Å². The maximum absolute atomic E-state index is 9.76. The van der Waals surface area contributed by atoms with E-state index in [1.165, 1.54) is 23.6 Å². The Morgan fingerprint density at radius 3 is 2.81 bits per heavy atom. The molecule has 88 valence electrons. The third kappa shape index (κ3) is 2.36. The molecule has 0 aromatic heterocycles. The molecule has 16 heavy (non-hydrogen) atoms. The second-order valence-corrected chi connectivity index (χ2v) is 5.51. The van der Waals surface area contributed by atoms with Gasteiger partial charge in [0.25, 0.3) is 0 Å². The first-order chi connectivity index (χ1) is 7.70. The first-order valence-electron chi connectivity index (χ1n) is 5.77. The van der Waals surface area contributed by atoms with Gasteiger partial charge in [-0.25, -0.2) is 0 Å². The lowest BCUT2D eigenvalue weighted by atomic mass is 10.1. The van der Waals surface area contributed by atoms with Crippen molar-refractivity contribution in [1.82, 2.24) is 0 Å². The summed E-state index contributed by atoms with van der Waals surface area (Å²) in [5, 5.41) is 9.76. The standard InChI is InChI=1S/C13H19NOS/c1-10(15)12-5-3-4-6-13(12)14(2)11-7-8-16-9-11/h3-6,10-11,15H,7-9H2,1-2H3/t10-,11?/m0/s1. The van der Waals surface area contributed by atoms with E-state index in [2.05, 4.69) is 18.0 Å². The van der Waals surface area contributed by atoms with E-state index in [-0.39, 0.29) is 0 Å². The lowest BCUT2D eigenvalue weighted by molar-refractivity contribution is 0.199. The van der Waals surface area contributed by atoms with Crippen LogP contribution in [0.15, 0.2) is 24.3 Å². The summed E-state index contributed by atoms with van der Waals surface area (Å²) in [6.45, 7) is 1.83. The first-order valence-corrected chi connectivity index (χ1v) is 6.93. The molecule has 1 saturated heterocycles. The quantitative estimate of drug-likeness (QED) is 0.874. The minimum Gasteiger partial charge on any atom is -0.389 e. The van der Waals surface area contributed by atoms with E-state index >= 15 is 0 Å². The number of aliphatic hydroxyl groups is 1. The minimum absolute atomic E-state index is 0.396. The molecule has 2 rings (SSSR count). The van der Waals surface area contributed by atoms with Crippen molar-refractivity contribution in [2.24, 2.45) is 0 Å². The average Bonchev–Trinajstić information content (AvgIpc) is 2.81. The van der Waals surface area contributed by atoms with Gasteiger partial charge in [0.1, 0.15) is 0 Å². The number of hydrogen-bond donors (Lipinski definition) is 1. The molecule has 1 aliphatic rings.